The molecule has 0 aromatic heterocycles. The number of phenols is 2. The third-order valence-corrected chi connectivity index (χ3v) is 8.95. The fraction of sp³-hybridized carbons (Fsp3) is 0. The summed E-state index contributed by atoms with van der Waals surface area (Å²) in [5.41, 5.74) is 7.51. The van der Waals surface area contributed by atoms with E-state index in [0.717, 1.165) is 54.5 Å². The molecule has 4 nitrogen and oxygen atoms in total. The molecule has 6 aromatic carbocycles. The number of aromatic hydroxyl groups is 2. The first-order valence-electron chi connectivity index (χ1n) is 14.2. The van der Waals surface area contributed by atoms with Gasteiger partial charge in [0.25, 0.3) is 0 Å². The van der Waals surface area contributed by atoms with Gasteiger partial charge in [0.2, 0.25) is 0 Å². The Balaban J connectivity index is 1.37. The van der Waals surface area contributed by atoms with E-state index in [4.69, 9.17) is 24.4 Å². The Morgan fingerprint density at radius 1 is 0.467 bits per heavy atom. The van der Waals surface area contributed by atoms with Crippen LogP contribution in [0.3, 0.4) is 0 Å². The molecule has 0 radical (unpaired) electrons. The SMILES string of the molecule is Oc1ccc(-c2cc(NC(=S)c3ccccc3)ccc2Sc2ccc(NC(=S)c3ccccc3)cc2-c2ccc(O)cc2)cc1. The first-order valence-corrected chi connectivity index (χ1v) is 15.8. The van der Waals surface area contributed by atoms with Crippen molar-refractivity contribution in [1.29, 1.82) is 0 Å². The molecule has 0 amide bonds. The van der Waals surface area contributed by atoms with Crippen LogP contribution in [0.5, 0.6) is 11.5 Å². The Kier molecular flexibility index (Phi) is 9.22. The van der Waals surface area contributed by atoms with E-state index in [9.17, 15) is 10.2 Å². The fourth-order valence-corrected chi connectivity index (χ4v) is 6.42. The van der Waals surface area contributed by atoms with E-state index in [1.807, 2.05) is 97.1 Å². The Morgan fingerprint density at radius 2 is 0.844 bits per heavy atom. The minimum absolute atomic E-state index is 0.207. The zero-order valence-electron chi connectivity index (χ0n) is 24.0. The van der Waals surface area contributed by atoms with Crippen molar-refractivity contribution in [2.24, 2.45) is 0 Å². The zero-order chi connectivity index (χ0) is 31.2. The first-order chi connectivity index (χ1) is 21.9. The van der Waals surface area contributed by atoms with Gasteiger partial charge in [-0.15, -0.1) is 0 Å². The van der Waals surface area contributed by atoms with Crippen molar-refractivity contribution in [2.45, 2.75) is 9.79 Å². The maximum Gasteiger partial charge on any atom is 0.115 e. The average molecular weight is 641 g/mol. The molecule has 45 heavy (non-hydrogen) atoms. The molecule has 0 aliphatic carbocycles. The number of hydrogen-bond acceptors (Lipinski definition) is 5. The van der Waals surface area contributed by atoms with Gasteiger partial charge in [-0.1, -0.05) is 121 Å². The van der Waals surface area contributed by atoms with Crippen LogP contribution in [0.15, 0.2) is 155 Å². The van der Waals surface area contributed by atoms with E-state index in [1.54, 1.807) is 36.0 Å². The summed E-state index contributed by atoms with van der Waals surface area (Å²) in [7, 11) is 0. The van der Waals surface area contributed by atoms with Gasteiger partial charge in [-0.05, 0) is 82.9 Å². The molecule has 6 rings (SSSR count). The van der Waals surface area contributed by atoms with Crippen LogP contribution in [0.25, 0.3) is 22.3 Å². The van der Waals surface area contributed by atoms with E-state index in [1.165, 1.54) is 0 Å². The second-order valence-electron chi connectivity index (χ2n) is 10.3. The van der Waals surface area contributed by atoms with Crippen LogP contribution in [-0.4, -0.2) is 20.2 Å². The Hall–Kier alpha value is -4.95. The van der Waals surface area contributed by atoms with Gasteiger partial charge >= 0.3 is 0 Å². The molecule has 0 saturated carbocycles. The number of nitrogens with one attached hydrogen (secondary N) is 2. The molecule has 6 aromatic rings. The van der Waals surface area contributed by atoms with E-state index in [-0.39, 0.29) is 11.5 Å². The third-order valence-electron chi connectivity index (χ3n) is 7.12. The summed E-state index contributed by atoms with van der Waals surface area (Å²) in [5.74, 6) is 0.414. The molecular formula is C38H28N2O2S3. The lowest BCUT2D eigenvalue weighted by molar-refractivity contribution is 0.475. The highest BCUT2D eigenvalue weighted by Crippen LogP contribution is 2.43. The molecule has 0 fully saturated rings. The minimum atomic E-state index is 0.207. The van der Waals surface area contributed by atoms with Gasteiger partial charge < -0.3 is 20.8 Å². The lowest BCUT2D eigenvalue weighted by Gasteiger charge is -2.17. The monoisotopic (exact) mass is 640 g/mol. The molecular weight excluding hydrogens is 613 g/mol. The predicted molar refractivity (Wildman–Crippen MR) is 195 cm³/mol. The van der Waals surface area contributed by atoms with Gasteiger partial charge in [0.1, 0.15) is 21.5 Å². The number of phenolic OH excluding ortho intramolecular Hbond substituents is 2. The maximum atomic E-state index is 9.98. The molecule has 0 unspecified atom stereocenters. The highest BCUT2D eigenvalue weighted by atomic mass is 32.2. The number of rotatable bonds is 8. The molecule has 0 saturated heterocycles. The minimum Gasteiger partial charge on any atom is -0.508 e. The van der Waals surface area contributed by atoms with Crippen LogP contribution < -0.4 is 10.6 Å². The topological polar surface area (TPSA) is 64.5 Å². The standard InChI is InChI=1S/C38H28N2O2S3/c41-31-17-11-25(12-18-31)33-23-29(39-37(43)27-7-3-1-4-8-27)15-21-35(33)45-36-22-16-30(40-38(44)28-9-5-2-6-10-28)24-34(36)26-13-19-32(42)20-14-26/h1-24,41-42H,(H,39,43)(H,40,44). The molecule has 220 valence electrons. The van der Waals surface area contributed by atoms with Gasteiger partial charge in [-0.3, -0.25) is 0 Å². The summed E-state index contributed by atoms with van der Waals surface area (Å²) >= 11 is 13.0. The summed E-state index contributed by atoms with van der Waals surface area (Å²) in [5, 5.41) is 26.7. The van der Waals surface area contributed by atoms with Gasteiger partial charge in [-0.25, -0.2) is 0 Å². The summed E-state index contributed by atoms with van der Waals surface area (Å²) in [4.78, 5) is 3.33. The number of thiocarbonyl (C=S) groups is 2. The number of benzene rings is 6. The molecule has 0 bridgehead atoms. The van der Waals surface area contributed by atoms with Crippen molar-refractivity contribution in [3.63, 3.8) is 0 Å². The van der Waals surface area contributed by atoms with Crippen molar-refractivity contribution >= 4 is 57.5 Å². The van der Waals surface area contributed by atoms with E-state index in [2.05, 4.69) is 34.9 Å². The second-order valence-corrected chi connectivity index (χ2v) is 12.2. The number of hydrogen-bond donors (Lipinski definition) is 4. The fourth-order valence-electron chi connectivity index (χ4n) is 4.83. The van der Waals surface area contributed by atoms with Gasteiger partial charge in [0.05, 0.1) is 0 Å². The quantitative estimate of drug-likeness (QED) is 0.124. The van der Waals surface area contributed by atoms with Crippen molar-refractivity contribution in [3.05, 3.63) is 157 Å². The second kappa shape index (κ2) is 13.8. The molecule has 0 spiro atoms. The van der Waals surface area contributed by atoms with Crippen molar-refractivity contribution < 1.29 is 10.2 Å². The van der Waals surface area contributed by atoms with E-state index < -0.39 is 0 Å². The van der Waals surface area contributed by atoms with Crippen LogP contribution in [0.4, 0.5) is 11.4 Å². The molecule has 0 aliphatic heterocycles. The predicted octanol–water partition coefficient (Wildman–Crippen LogP) is 10.2. The van der Waals surface area contributed by atoms with Crippen molar-refractivity contribution in [1.82, 2.24) is 0 Å². The Morgan fingerprint density at radius 3 is 1.22 bits per heavy atom. The molecule has 7 heteroatoms. The normalized spacial score (nSPS) is 10.7. The van der Waals surface area contributed by atoms with Gasteiger partial charge in [-0.2, -0.15) is 0 Å². The molecule has 0 atom stereocenters. The van der Waals surface area contributed by atoms with E-state index in [0.29, 0.717) is 9.98 Å². The Bertz CT molecular complexity index is 1820. The highest BCUT2D eigenvalue weighted by Gasteiger charge is 2.15. The summed E-state index contributed by atoms with van der Waals surface area (Å²) in [6.45, 7) is 0. The first kappa shape index (κ1) is 30.1. The van der Waals surface area contributed by atoms with E-state index >= 15 is 0 Å². The lowest BCUT2D eigenvalue weighted by atomic mass is 10.0. The van der Waals surface area contributed by atoms with Gasteiger partial charge in [0, 0.05) is 32.3 Å². The van der Waals surface area contributed by atoms with Crippen LogP contribution in [-0.2, 0) is 0 Å². The van der Waals surface area contributed by atoms with Crippen molar-refractivity contribution in [2.75, 3.05) is 10.6 Å². The third kappa shape index (κ3) is 7.41. The van der Waals surface area contributed by atoms with Gasteiger partial charge in [0.15, 0.2) is 0 Å². The van der Waals surface area contributed by atoms with Crippen LogP contribution in [0.2, 0.25) is 0 Å². The maximum absolute atomic E-state index is 9.98. The highest BCUT2D eigenvalue weighted by molar-refractivity contribution is 7.99. The average Bonchev–Trinajstić information content (AvgIpc) is 3.07. The van der Waals surface area contributed by atoms with Crippen LogP contribution >= 0.6 is 36.2 Å². The molecule has 0 aliphatic rings. The molecule has 0 heterocycles. The van der Waals surface area contributed by atoms with Crippen molar-refractivity contribution in [3.8, 4) is 33.8 Å². The summed E-state index contributed by atoms with van der Waals surface area (Å²) in [6, 6.07) is 46.5. The number of anilines is 2. The summed E-state index contributed by atoms with van der Waals surface area (Å²) in [6.07, 6.45) is 0. The summed E-state index contributed by atoms with van der Waals surface area (Å²) < 4.78 is 0. The van der Waals surface area contributed by atoms with Crippen LogP contribution in [0.1, 0.15) is 11.1 Å². The van der Waals surface area contributed by atoms with Crippen LogP contribution in [0, 0.1) is 0 Å². The smallest absolute Gasteiger partial charge is 0.115 e. The Labute approximate surface area is 277 Å². The molecule has 4 N–H and O–H groups in total. The zero-order valence-corrected chi connectivity index (χ0v) is 26.4. The largest absolute Gasteiger partial charge is 0.508 e. The lowest BCUT2D eigenvalue weighted by Crippen LogP contribution is -2.10.